The van der Waals surface area contributed by atoms with Gasteiger partial charge in [0.2, 0.25) is 17.7 Å². The van der Waals surface area contributed by atoms with Crippen LogP contribution in [0.2, 0.25) is 0 Å². The summed E-state index contributed by atoms with van der Waals surface area (Å²) in [6.45, 7) is 3.90. The van der Waals surface area contributed by atoms with Gasteiger partial charge >= 0.3 is 0 Å². The Balaban J connectivity index is 2.53. The van der Waals surface area contributed by atoms with Crippen molar-refractivity contribution in [2.45, 2.75) is 32.7 Å². The van der Waals surface area contributed by atoms with Crippen molar-refractivity contribution in [3.8, 4) is 0 Å². The maximum Gasteiger partial charge on any atom is 0.239 e. The molecule has 0 aliphatic rings. The van der Waals surface area contributed by atoms with Crippen LogP contribution in [0.15, 0.2) is 30.3 Å². The minimum absolute atomic E-state index is 0.0551. The van der Waals surface area contributed by atoms with Gasteiger partial charge in [-0.2, -0.15) is 0 Å². The van der Waals surface area contributed by atoms with Crippen LogP contribution in [0.1, 0.15) is 38.3 Å². The number of benzene rings is 1. The molecule has 0 radical (unpaired) electrons. The quantitative estimate of drug-likeness (QED) is 0.667. The number of hydrogen-bond donors (Lipinski definition) is 3. The van der Waals surface area contributed by atoms with E-state index in [-0.39, 0.29) is 30.7 Å². The highest BCUT2D eigenvalue weighted by Crippen LogP contribution is 2.16. The van der Waals surface area contributed by atoms with Crippen LogP contribution in [0.5, 0.6) is 0 Å². The molecule has 3 amide bonds. The minimum atomic E-state index is -0.405. The highest BCUT2D eigenvalue weighted by atomic mass is 16.2. The lowest BCUT2D eigenvalue weighted by atomic mass is 10.0. The molecule has 0 aliphatic heterocycles. The second-order valence-corrected chi connectivity index (χ2v) is 4.99. The predicted molar refractivity (Wildman–Crippen MR) is 83.9 cm³/mol. The fourth-order valence-electron chi connectivity index (χ4n) is 1.95. The normalized spacial score (nSPS) is 11.4. The molecule has 0 saturated carbocycles. The van der Waals surface area contributed by atoms with E-state index in [2.05, 4.69) is 16.0 Å². The molecule has 22 heavy (non-hydrogen) atoms. The fraction of sp³-hybridized carbons (Fsp3) is 0.438. The van der Waals surface area contributed by atoms with Gasteiger partial charge in [0, 0.05) is 13.5 Å². The lowest BCUT2D eigenvalue weighted by Gasteiger charge is -2.18. The summed E-state index contributed by atoms with van der Waals surface area (Å²) in [5.41, 5.74) is 0.850. The van der Waals surface area contributed by atoms with E-state index in [0.29, 0.717) is 6.54 Å². The van der Waals surface area contributed by atoms with E-state index in [4.69, 9.17) is 0 Å². The van der Waals surface area contributed by atoms with Gasteiger partial charge in [0.05, 0.1) is 19.0 Å². The van der Waals surface area contributed by atoms with E-state index in [9.17, 15) is 14.4 Å². The first-order valence-corrected chi connectivity index (χ1v) is 7.38. The zero-order valence-corrected chi connectivity index (χ0v) is 13.0. The molecule has 0 fully saturated rings. The zero-order chi connectivity index (χ0) is 16.4. The van der Waals surface area contributed by atoms with Gasteiger partial charge in [-0.1, -0.05) is 37.3 Å². The summed E-state index contributed by atoms with van der Waals surface area (Å²) in [5, 5.41) is 7.99. The molecule has 0 unspecified atom stereocenters. The lowest BCUT2D eigenvalue weighted by Crippen LogP contribution is -2.39. The van der Waals surface area contributed by atoms with Gasteiger partial charge in [0.1, 0.15) is 0 Å². The Labute approximate surface area is 130 Å². The molecule has 0 aromatic heterocycles. The Morgan fingerprint density at radius 2 is 1.73 bits per heavy atom. The van der Waals surface area contributed by atoms with Crippen molar-refractivity contribution in [2.24, 2.45) is 0 Å². The van der Waals surface area contributed by atoms with E-state index >= 15 is 0 Å². The summed E-state index contributed by atoms with van der Waals surface area (Å²) in [7, 11) is 0. The maximum atomic E-state index is 11.9. The van der Waals surface area contributed by atoms with Gasteiger partial charge in [-0.05, 0) is 12.0 Å². The van der Waals surface area contributed by atoms with E-state index < -0.39 is 6.04 Å². The van der Waals surface area contributed by atoms with Gasteiger partial charge in [-0.15, -0.1) is 0 Å². The topological polar surface area (TPSA) is 87.3 Å². The standard InChI is InChI=1S/C16H23N3O3/c1-3-9-17-16(22)11-18-15(21)10-14(19-12(2)20)13-7-5-4-6-8-13/h4-8,14H,3,9-11H2,1-2H3,(H,17,22)(H,18,21)(H,19,20)/t14-/m0/s1. The Morgan fingerprint density at radius 1 is 1.05 bits per heavy atom. The van der Waals surface area contributed by atoms with Crippen LogP contribution in [0, 0.1) is 0 Å². The van der Waals surface area contributed by atoms with Gasteiger partial charge in [0.25, 0.3) is 0 Å². The summed E-state index contributed by atoms with van der Waals surface area (Å²) in [5.74, 6) is -0.706. The molecule has 1 aromatic carbocycles. The molecule has 6 heteroatoms. The van der Waals surface area contributed by atoms with Crippen molar-refractivity contribution in [2.75, 3.05) is 13.1 Å². The molecule has 0 aliphatic carbocycles. The van der Waals surface area contributed by atoms with E-state index in [1.165, 1.54) is 6.92 Å². The molecule has 1 aromatic rings. The third kappa shape index (κ3) is 6.88. The second kappa shape index (κ2) is 9.55. The van der Waals surface area contributed by atoms with Crippen LogP contribution in [-0.4, -0.2) is 30.8 Å². The lowest BCUT2D eigenvalue weighted by molar-refractivity contribution is -0.127. The molecule has 3 N–H and O–H groups in total. The first-order valence-electron chi connectivity index (χ1n) is 7.38. The van der Waals surface area contributed by atoms with E-state index in [1.807, 2.05) is 37.3 Å². The first-order chi connectivity index (χ1) is 10.5. The number of carbonyl (C=O) groups excluding carboxylic acids is 3. The molecule has 0 bridgehead atoms. The highest BCUT2D eigenvalue weighted by Gasteiger charge is 2.17. The Hall–Kier alpha value is -2.37. The van der Waals surface area contributed by atoms with Gasteiger partial charge < -0.3 is 16.0 Å². The first kappa shape index (κ1) is 17.7. The maximum absolute atomic E-state index is 11.9. The minimum Gasteiger partial charge on any atom is -0.355 e. The van der Waals surface area contributed by atoms with E-state index in [0.717, 1.165) is 12.0 Å². The predicted octanol–water partition coefficient (Wildman–Crippen LogP) is 0.896. The molecule has 0 saturated heterocycles. The van der Waals surface area contributed by atoms with Crippen LogP contribution in [-0.2, 0) is 14.4 Å². The third-order valence-electron chi connectivity index (χ3n) is 2.99. The van der Waals surface area contributed by atoms with Crippen molar-refractivity contribution in [1.82, 2.24) is 16.0 Å². The largest absolute Gasteiger partial charge is 0.355 e. The molecular weight excluding hydrogens is 282 g/mol. The third-order valence-corrected chi connectivity index (χ3v) is 2.99. The molecule has 6 nitrogen and oxygen atoms in total. The number of carbonyl (C=O) groups is 3. The highest BCUT2D eigenvalue weighted by molar-refractivity contribution is 5.85. The number of amides is 3. The van der Waals surface area contributed by atoms with Crippen LogP contribution in [0.25, 0.3) is 0 Å². The van der Waals surface area contributed by atoms with Crippen LogP contribution >= 0.6 is 0 Å². The Morgan fingerprint density at radius 3 is 2.32 bits per heavy atom. The van der Waals surface area contributed by atoms with Crippen molar-refractivity contribution >= 4 is 17.7 Å². The molecule has 1 atom stereocenters. The Bertz CT molecular complexity index is 503. The zero-order valence-electron chi connectivity index (χ0n) is 13.0. The van der Waals surface area contributed by atoms with E-state index in [1.54, 1.807) is 0 Å². The van der Waals surface area contributed by atoms with Gasteiger partial charge in [0.15, 0.2) is 0 Å². The molecular formula is C16H23N3O3. The van der Waals surface area contributed by atoms with Crippen LogP contribution < -0.4 is 16.0 Å². The van der Waals surface area contributed by atoms with Gasteiger partial charge in [-0.25, -0.2) is 0 Å². The van der Waals surface area contributed by atoms with Gasteiger partial charge in [-0.3, -0.25) is 14.4 Å². The summed E-state index contributed by atoms with van der Waals surface area (Å²) < 4.78 is 0. The van der Waals surface area contributed by atoms with Crippen molar-refractivity contribution in [3.63, 3.8) is 0 Å². The molecule has 120 valence electrons. The SMILES string of the molecule is CCCNC(=O)CNC(=O)C[C@H](NC(C)=O)c1ccccc1. The second-order valence-electron chi connectivity index (χ2n) is 4.99. The molecule has 1 rings (SSSR count). The van der Waals surface area contributed by atoms with Crippen LogP contribution in [0.3, 0.4) is 0 Å². The molecule has 0 heterocycles. The summed E-state index contributed by atoms with van der Waals surface area (Å²) in [6.07, 6.45) is 0.933. The number of nitrogens with one attached hydrogen (secondary N) is 3. The van der Waals surface area contributed by atoms with Crippen LogP contribution in [0.4, 0.5) is 0 Å². The average molecular weight is 305 g/mol. The summed E-state index contributed by atoms with van der Waals surface area (Å²) in [4.78, 5) is 34.7. The number of hydrogen-bond acceptors (Lipinski definition) is 3. The van der Waals surface area contributed by atoms with Crippen molar-refractivity contribution in [3.05, 3.63) is 35.9 Å². The van der Waals surface area contributed by atoms with Crippen molar-refractivity contribution < 1.29 is 14.4 Å². The average Bonchev–Trinajstić information content (AvgIpc) is 2.50. The summed E-state index contributed by atoms with van der Waals surface area (Å²) in [6, 6.07) is 8.86. The number of rotatable bonds is 8. The summed E-state index contributed by atoms with van der Waals surface area (Å²) >= 11 is 0. The monoisotopic (exact) mass is 305 g/mol. The van der Waals surface area contributed by atoms with Crippen molar-refractivity contribution in [1.29, 1.82) is 0 Å². The smallest absolute Gasteiger partial charge is 0.239 e. The fourth-order valence-corrected chi connectivity index (χ4v) is 1.95. The Kier molecular flexibility index (Phi) is 7.67. The molecule has 0 spiro atoms.